The molecule has 1 rings (SSSR count). The molecule has 13 heteroatoms. The highest BCUT2D eigenvalue weighted by molar-refractivity contribution is 6.59. The molecule has 0 heterocycles. The van der Waals surface area contributed by atoms with Crippen LogP contribution in [-0.2, 0) is 16.6 Å². The van der Waals surface area contributed by atoms with Crippen molar-refractivity contribution in [2.75, 3.05) is 5.32 Å². The molecular formula is C13H10BF8NO3. The molecule has 0 fully saturated rings. The van der Waals surface area contributed by atoms with E-state index in [0.29, 0.717) is 6.08 Å². The summed E-state index contributed by atoms with van der Waals surface area (Å²) in [5, 5.41) is 20.0. The molecule has 0 atom stereocenters. The first-order valence-electron chi connectivity index (χ1n) is 6.57. The molecular weight excluding hydrogens is 381 g/mol. The van der Waals surface area contributed by atoms with Crippen LogP contribution in [0.25, 0.3) is 0 Å². The Labute approximate surface area is 141 Å². The Kier molecular flexibility index (Phi) is 6.42. The summed E-state index contributed by atoms with van der Waals surface area (Å²) < 4.78 is 106. The Hall–Kier alpha value is -2.15. The molecule has 1 aromatic rings. The molecule has 3 N–H and O–H groups in total. The van der Waals surface area contributed by atoms with E-state index in [9.17, 15) is 39.9 Å². The lowest BCUT2D eigenvalue weighted by Gasteiger charge is -2.27. The fraction of sp³-hybridized carbons (Fsp3) is 0.308. The van der Waals surface area contributed by atoms with Crippen LogP contribution in [0.5, 0.6) is 0 Å². The predicted octanol–water partition coefficient (Wildman–Crippen LogP) is 2.20. The van der Waals surface area contributed by atoms with Gasteiger partial charge in [-0.3, -0.25) is 4.79 Å². The zero-order chi connectivity index (χ0) is 20.4. The van der Waals surface area contributed by atoms with E-state index in [0.717, 1.165) is 0 Å². The summed E-state index contributed by atoms with van der Waals surface area (Å²) in [4.78, 5) is 11.2. The molecule has 0 unspecified atom stereocenters. The van der Waals surface area contributed by atoms with Gasteiger partial charge in [-0.2, -0.15) is 17.6 Å². The number of hydrogen-bond acceptors (Lipinski definition) is 3. The maximum atomic E-state index is 13.8. The largest absolute Gasteiger partial charge is 0.489 e. The van der Waals surface area contributed by atoms with Crippen LogP contribution in [0.2, 0.25) is 0 Å². The summed E-state index contributed by atoms with van der Waals surface area (Å²) in [5.41, 5.74) is -7.11. The lowest BCUT2D eigenvalue weighted by Crippen LogP contribution is -2.43. The van der Waals surface area contributed by atoms with Crippen LogP contribution in [0.1, 0.15) is 11.1 Å². The second-order valence-electron chi connectivity index (χ2n) is 4.90. The summed E-state index contributed by atoms with van der Waals surface area (Å²) in [5.74, 6) is -11.9. The zero-order valence-electron chi connectivity index (χ0n) is 12.5. The van der Waals surface area contributed by atoms with Gasteiger partial charge in [-0.25, -0.2) is 17.6 Å². The molecule has 0 saturated heterocycles. The van der Waals surface area contributed by atoms with Gasteiger partial charge in [0.05, 0.1) is 0 Å². The normalized spacial score (nSPS) is 12.5. The standard InChI is InChI=1S/C13H10BF8NO3/c1-2-8(24)23-5-3-6(12(19,20)10(15)16)9(7(4-5)14(25)26)13(21,22)11(17)18/h2-4,10-11,25-26H,1H2,(H,23,24). The quantitative estimate of drug-likeness (QED) is 0.380. The predicted molar refractivity (Wildman–Crippen MR) is 74.9 cm³/mol. The zero-order valence-corrected chi connectivity index (χ0v) is 12.5. The monoisotopic (exact) mass is 391 g/mol. The van der Waals surface area contributed by atoms with E-state index in [2.05, 4.69) is 6.58 Å². The number of amides is 1. The number of nitrogens with one attached hydrogen (secondary N) is 1. The number of benzene rings is 1. The Morgan fingerprint density at radius 1 is 1.08 bits per heavy atom. The Balaban J connectivity index is 3.90. The third-order valence-corrected chi connectivity index (χ3v) is 3.14. The maximum Gasteiger partial charge on any atom is 0.489 e. The van der Waals surface area contributed by atoms with E-state index < -0.39 is 60.0 Å². The van der Waals surface area contributed by atoms with Gasteiger partial charge in [0.15, 0.2) is 0 Å². The van der Waals surface area contributed by atoms with Crippen LogP contribution in [-0.4, -0.2) is 35.9 Å². The summed E-state index contributed by atoms with van der Waals surface area (Å²) in [7, 11) is -3.01. The minimum atomic E-state index is -5.42. The van der Waals surface area contributed by atoms with Gasteiger partial charge in [-0.05, 0) is 23.7 Å². The van der Waals surface area contributed by atoms with Gasteiger partial charge >= 0.3 is 31.8 Å². The number of anilines is 1. The van der Waals surface area contributed by atoms with Crippen LogP contribution in [0, 0.1) is 0 Å². The smallest absolute Gasteiger partial charge is 0.423 e. The third kappa shape index (κ3) is 4.15. The molecule has 0 spiro atoms. The van der Waals surface area contributed by atoms with Gasteiger partial charge in [0.25, 0.3) is 0 Å². The van der Waals surface area contributed by atoms with Crippen molar-refractivity contribution >= 4 is 24.2 Å². The molecule has 4 nitrogen and oxygen atoms in total. The van der Waals surface area contributed by atoms with E-state index in [1.54, 1.807) is 5.32 Å². The fourth-order valence-corrected chi connectivity index (χ4v) is 2.00. The molecule has 0 aliphatic carbocycles. The second-order valence-corrected chi connectivity index (χ2v) is 4.90. The van der Waals surface area contributed by atoms with Crippen molar-refractivity contribution in [3.8, 4) is 0 Å². The number of halogens is 8. The summed E-state index contributed by atoms with van der Waals surface area (Å²) in [6, 6.07) is 0.188. The van der Waals surface area contributed by atoms with E-state index in [4.69, 9.17) is 10.0 Å². The van der Waals surface area contributed by atoms with Gasteiger partial charge in [-0.15, -0.1) is 0 Å². The second kappa shape index (κ2) is 7.62. The van der Waals surface area contributed by atoms with E-state index >= 15 is 0 Å². The Morgan fingerprint density at radius 2 is 1.58 bits per heavy atom. The number of carbonyl (C=O) groups excluding carboxylic acids is 1. The first-order valence-corrected chi connectivity index (χ1v) is 6.57. The van der Waals surface area contributed by atoms with Crippen LogP contribution < -0.4 is 10.8 Å². The Bertz CT molecular complexity index is 696. The lowest BCUT2D eigenvalue weighted by atomic mass is 9.72. The molecule has 26 heavy (non-hydrogen) atoms. The molecule has 1 amide bonds. The Morgan fingerprint density at radius 3 is 1.96 bits per heavy atom. The molecule has 0 bridgehead atoms. The topological polar surface area (TPSA) is 69.6 Å². The number of rotatable bonds is 7. The van der Waals surface area contributed by atoms with E-state index in [1.165, 1.54) is 0 Å². The highest BCUT2D eigenvalue weighted by atomic mass is 19.3. The highest BCUT2D eigenvalue weighted by Crippen LogP contribution is 2.44. The minimum Gasteiger partial charge on any atom is -0.423 e. The van der Waals surface area contributed by atoms with Crippen LogP contribution in [0.15, 0.2) is 24.8 Å². The van der Waals surface area contributed by atoms with Crippen molar-refractivity contribution in [2.24, 2.45) is 0 Å². The fourth-order valence-electron chi connectivity index (χ4n) is 2.00. The van der Waals surface area contributed by atoms with Crippen LogP contribution in [0.4, 0.5) is 40.8 Å². The third-order valence-electron chi connectivity index (χ3n) is 3.14. The van der Waals surface area contributed by atoms with Crippen molar-refractivity contribution in [2.45, 2.75) is 24.7 Å². The van der Waals surface area contributed by atoms with Crippen LogP contribution >= 0.6 is 0 Å². The summed E-state index contributed by atoms with van der Waals surface area (Å²) >= 11 is 0. The molecule has 0 saturated carbocycles. The van der Waals surface area contributed by atoms with Gasteiger partial charge in [0, 0.05) is 16.8 Å². The van der Waals surface area contributed by atoms with Crippen molar-refractivity contribution in [3.63, 3.8) is 0 Å². The van der Waals surface area contributed by atoms with Gasteiger partial charge < -0.3 is 15.4 Å². The van der Waals surface area contributed by atoms with Gasteiger partial charge in [-0.1, -0.05) is 6.58 Å². The number of alkyl halides is 8. The summed E-state index contributed by atoms with van der Waals surface area (Å²) in [6.07, 6.45) is -8.62. The first kappa shape index (κ1) is 21.9. The van der Waals surface area contributed by atoms with Crippen molar-refractivity contribution < 1.29 is 50.0 Å². The molecule has 0 aliphatic heterocycles. The number of carbonyl (C=O) groups is 1. The van der Waals surface area contributed by atoms with Gasteiger partial charge in [0.2, 0.25) is 5.91 Å². The minimum absolute atomic E-state index is 0.0783. The lowest BCUT2D eigenvalue weighted by molar-refractivity contribution is -0.153. The summed E-state index contributed by atoms with van der Waals surface area (Å²) in [6.45, 7) is 3.00. The van der Waals surface area contributed by atoms with E-state index in [1.807, 2.05) is 0 Å². The van der Waals surface area contributed by atoms with Crippen molar-refractivity contribution in [3.05, 3.63) is 35.9 Å². The number of hydrogen-bond donors (Lipinski definition) is 3. The molecule has 0 aromatic heterocycles. The molecule has 0 radical (unpaired) electrons. The highest BCUT2D eigenvalue weighted by Gasteiger charge is 2.54. The molecule has 144 valence electrons. The first-order chi connectivity index (χ1) is 11.8. The van der Waals surface area contributed by atoms with Crippen LogP contribution in [0.3, 0.4) is 0 Å². The van der Waals surface area contributed by atoms with Crippen molar-refractivity contribution in [1.29, 1.82) is 0 Å². The average molecular weight is 391 g/mol. The SMILES string of the molecule is C=CC(=O)Nc1cc(B(O)O)c(C(F)(F)C(F)F)c(C(F)(F)C(F)F)c1. The van der Waals surface area contributed by atoms with E-state index in [-0.39, 0.29) is 12.1 Å². The molecule has 1 aromatic carbocycles. The maximum absolute atomic E-state index is 13.8. The average Bonchev–Trinajstić information content (AvgIpc) is 2.53. The van der Waals surface area contributed by atoms with Gasteiger partial charge in [0.1, 0.15) is 0 Å². The molecule has 0 aliphatic rings. The van der Waals surface area contributed by atoms with Crippen molar-refractivity contribution in [1.82, 2.24) is 0 Å².